The largest absolute Gasteiger partial charge is 0.463 e. The average Bonchev–Trinajstić information content (AvgIpc) is 2.13. The van der Waals surface area contributed by atoms with Gasteiger partial charge in [-0.3, -0.25) is 0 Å². The fourth-order valence-electron chi connectivity index (χ4n) is 0.675. The van der Waals surface area contributed by atoms with Crippen LogP contribution in [0.15, 0.2) is 12.2 Å². The molecule has 4 heteroatoms. The first kappa shape index (κ1) is 13.7. The Morgan fingerprint density at radius 2 is 1.80 bits per heavy atom. The minimum absolute atomic E-state index is 0.262. The molecule has 0 aliphatic rings. The predicted octanol–water partition coefficient (Wildman–Crippen LogP) is 1.69. The molecule has 4 nitrogen and oxygen atoms in total. The predicted molar refractivity (Wildman–Crippen MR) is 56.2 cm³/mol. The normalized spacial score (nSPS) is 12.1. The lowest BCUT2D eigenvalue weighted by Crippen LogP contribution is -2.27. The van der Waals surface area contributed by atoms with Crippen molar-refractivity contribution in [2.75, 3.05) is 6.61 Å². The molecule has 0 rings (SSSR count). The van der Waals surface area contributed by atoms with E-state index in [2.05, 4.69) is 6.58 Å². The third-order valence-electron chi connectivity index (χ3n) is 1.52. The quantitative estimate of drug-likeness (QED) is 0.516. The smallest absolute Gasteiger partial charge is 0.347 e. The van der Waals surface area contributed by atoms with Crippen LogP contribution in [0.1, 0.15) is 27.7 Å². The Morgan fingerprint density at radius 1 is 1.27 bits per heavy atom. The molecule has 0 aromatic rings. The van der Waals surface area contributed by atoms with Crippen LogP contribution in [0.25, 0.3) is 0 Å². The zero-order chi connectivity index (χ0) is 12.0. The zero-order valence-corrected chi connectivity index (χ0v) is 9.70. The van der Waals surface area contributed by atoms with E-state index in [1.807, 2.05) is 13.8 Å². The Morgan fingerprint density at radius 3 is 2.20 bits per heavy atom. The maximum Gasteiger partial charge on any atom is 0.347 e. The van der Waals surface area contributed by atoms with Crippen molar-refractivity contribution in [1.82, 2.24) is 0 Å². The van der Waals surface area contributed by atoms with Gasteiger partial charge in [0.05, 0.1) is 6.61 Å². The van der Waals surface area contributed by atoms with Gasteiger partial charge in [0, 0.05) is 5.57 Å². The van der Waals surface area contributed by atoms with E-state index in [1.54, 1.807) is 0 Å². The SMILES string of the molecule is C=C(C)C(=O)O[C@@H](C)C(=O)OCC(C)C. The third-order valence-corrected chi connectivity index (χ3v) is 1.52. The Hall–Kier alpha value is -1.32. The number of carbonyl (C=O) groups excluding carboxylic acids is 2. The summed E-state index contributed by atoms with van der Waals surface area (Å²) in [5.41, 5.74) is 0.263. The standard InChI is InChI=1S/C11H18O4/c1-7(2)6-14-11(13)9(5)15-10(12)8(3)4/h7,9H,3,6H2,1-2,4-5H3/t9-/m0/s1. The van der Waals surface area contributed by atoms with Crippen LogP contribution >= 0.6 is 0 Å². The third kappa shape index (κ3) is 5.88. The molecule has 0 fully saturated rings. The van der Waals surface area contributed by atoms with Gasteiger partial charge in [-0.15, -0.1) is 0 Å². The molecule has 0 aliphatic carbocycles. The zero-order valence-electron chi connectivity index (χ0n) is 9.70. The molecule has 0 amide bonds. The lowest BCUT2D eigenvalue weighted by atomic mass is 10.2. The van der Waals surface area contributed by atoms with E-state index in [1.165, 1.54) is 13.8 Å². The maximum atomic E-state index is 11.3. The highest BCUT2D eigenvalue weighted by atomic mass is 16.6. The molecule has 0 saturated heterocycles. The van der Waals surface area contributed by atoms with Crippen LogP contribution in [0.2, 0.25) is 0 Å². The van der Waals surface area contributed by atoms with E-state index in [9.17, 15) is 9.59 Å². The number of esters is 2. The van der Waals surface area contributed by atoms with Gasteiger partial charge in [0.25, 0.3) is 0 Å². The van der Waals surface area contributed by atoms with Gasteiger partial charge in [0.2, 0.25) is 0 Å². The average molecular weight is 214 g/mol. The summed E-state index contributed by atoms with van der Waals surface area (Å²) in [6.07, 6.45) is -0.882. The number of hydrogen-bond acceptors (Lipinski definition) is 4. The van der Waals surface area contributed by atoms with Crippen LogP contribution in [0, 0.1) is 5.92 Å². The summed E-state index contributed by atoms with van der Waals surface area (Å²) in [6, 6.07) is 0. The molecule has 0 radical (unpaired) electrons. The molecule has 0 unspecified atom stereocenters. The van der Waals surface area contributed by atoms with Gasteiger partial charge in [0.15, 0.2) is 6.10 Å². The molecule has 1 atom stereocenters. The van der Waals surface area contributed by atoms with Crippen molar-refractivity contribution in [3.8, 4) is 0 Å². The van der Waals surface area contributed by atoms with Gasteiger partial charge in [-0.1, -0.05) is 20.4 Å². The molecule has 0 spiro atoms. The van der Waals surface area contributed by atoms with Crippen molar-refractivity contribution in [2.45, 2.75) is 33.8 Å². The van der Waals surface area contributed by atoms with Crippen LogP contribution in [-0.4, -0.2) is 24.6 Å². The number of carbonyl (C=O) groups is 2. The molecule has 0 aromatic carbocycles. The monoisotopic (exact) mass is 214 g/mol. The second-order valence-corrected chi connectivity index (χ2v) is 3.85. The van der Waals surface area contributed by atoms with Crippen LogP contribution < -0.4 is 0 Å². The Balaban J connectivity index is 3.99. The van der Waals surface area contributed by atoms with Gasteiger partial charge in [-0.25, -0.2) is 9.59 Å². The van der Waals surface area contributed by atoms with E-state index in [4.69, 9.17) is 9.47 Å². The molecule has 0 aliphatic heterocycles. The highest BCUT2D eigenvalue weighted by molar-refractivity contribution is 5.89. The highest BCUT2D eigenvalue weighted by Crippen LogP contribution is 2.02. The topological polar surface area (TPSA) is 52.6 Å². The maximum absolute atomic E-state index is 11.3. The number of ether oxygens (including phenoxy) is 2. The first-order valence-corrected chi connectivity index (χ1v) is 4.87. The molecular weight excluding hydrogens is 196 g/mol. The summed E-state index contributed by atoms with van der Waals surface area (Å²) in [5.74, 6) is -0.847. The summed E-state index contributed by atoms with van der Waals surface area (Å²) in [5, 5.41) is 0. The van der Waals surface area contributed by atoms with Crippen LogP contribution in [0.5, 0.6) is 0 Å². The fraction of sp³-hybridized carbons (Fsp3) is 0.636. The fourth-order valence-corrected chi connectivity index (χ4v) is 0.675. The first-order chi connectivity index (χ1) is 6.84. The van der Waals surface area contributed by atoms with Gasteiger partial charge in [-0.2, -0.15) is 0 Å². The second-order valence-electron chi connectivity index (χ2n) is 3.85. The van der Waals surface area contributed by atoms with E-state index in [0.717, 1.165) is 0 Å². The van der Waals surface area contributed by atoms with Gasteiger partial charge in [-0.05, 0) is 19.8 Å². The van der Waals surface area contributed by atoms with Crippen LogP contribution in [-0.2, 0) is 19.1 Å². The summed E-state index contributed by atoms with van der Waals surface area (Å²) in [4.78, 5) is 22.3. The van der Waals surface area contributed by atoms with Crippen molar-refractivity contribution >= 4 is 11.9 Å². The molecule has 0 bridgehead atoms. The molecule has 0 heterocycles. The van der Waals surface area contributed by atoms with E-state index in [0.29, 0.717) is 6.61 Å². The van der Waals surface area contributed by atoms with Crippen LogP contribution in [0.4, 0.5) is 0 Å². The first-order valence-electron chi connectivity index (χ1n) is 4.87. The van der Waals surface area contributed by atoms with Gasteiger partial charge in [0.1, 0.15) is 0 Å². The Bertz CT molecular complexity index is 255. The molecule has 86 valence electrons. The van der Waals surface area contributed by atoms with E-state index in [-0.39, 0.29) is 11.5 Å². The lowest BCUT2D eigenvalue weighted by molar-refractivity contribution is -0.165. The minimum Gasteiger partial charge on any atom is -0.463 e. The Labute approximate surface area is 90.2 Å². The molecule has 0 aromatic heterocycles. The van der Waals surface area contributed by atoms with E-state index >= 15 is 0 Å². The number of hydrogen-bond donors (Lipinski definition) is 0. The minimum atomic E-state index is -0.882. The van der Waals surface area contributed by atoms with Crippen molar-refractivity contribution in [3.05, 3.63) is 12.2 Å². The Kier molecular flexibility index (Phi) is 5.67. The lowest BCUT2D eigenvalue weighted by Gasteiger charge is -2.13. The summed E-state index contributed by atoms with van der Waals surface area (Å²) < 4.78 is 9.69. The summed E-state index contributed by atoms with van der Waals surface area (Å²) >= 11 is 0. The second kappa shape index (κ2) is 6.22. The van der Waals surface area contributed by atoms with Crippen molar-refractivity contribution < 1.29 is 19.1 Å². The molecule has 0 N–H and O–H groups in total. The molecule has 15 heavy (non-hydrogen) atoms. The van der Waals surface area contributed by atoms with Crippen molar-refractivity contribution in [3.63, 3.8) is 0 Å². The van der Waals surface area contributed by atoms with E-state index < -0.39 is 18.0 Å². The van der Waals surface area contributed by atoms with Crippen molar-refractivity contribution in [2.24, 2.45) is 5.92 Å². The molecule has 0 saturated carbocycles. The number of rotatable bonds is 5. The van der Waals surface area contributed by atoms with Gasteiger partial charge < -0.3 is 9.47 Å². The van der Waals surface area contributed by atoms with Crippen LogP contribution in [0.3, 0.4) is 0 Å². The molecular formula is C11H18O4. The van der Waals surface area contributed by atoms with Crippen molar-refractivity contribution in [1.29, 1.82) is 0 Å². The highest BCUT2D eigenvalue weighted by Gasteiger charge is 2.19. The summed E-state index contributed by atoms with van der Waals surface area (Å²) in [6.45, 7) is 10.6. The van der Waals surface area contributed by atoms with Gasteiger partial charge >= 0.3 is 11.9 Å². The summed E-state index contributed by atoms with van der Waals surface area (Å²) in [7, 11) is 0.